The Hall–Kier alpha value is -3.33. The fourth-order valence-electron chi connectivity index (χ4n) is 2.48. The zero-order valence-electron chi connectivity index (χ0n) is 14.8. The molecule has 0 radical (unpaired) electrons. The molecule has 0 aliphatic rings. The van der Waals surface area contributed by atoms with Gasteiger partial charge in [0.2, 0.25) is 0 Å². The number of benzene rings is 2. The molecular weight excluding hydrogens is 374 g/mol. The first-order valence-electron chi connectivity index (χ1n) is 7.71. The van der Waals surface area contributed by atoms with Crippen molar-refractivity contribution in [3.05, 3.63) is 47.2 Å². The van der Waals surface area contributed by atoms with E-state index in [0.717, 1.165) is 0 Å². The zero-order chi connectivity index (χ0) is 19.4. The van der Waals surface area contributed by atoms with Gasteiger partial charge in [-0.3, -0.25) is 4.79 Å². The van der Waals surface area contributed by atoms with Crippen molar-refractivity contribution in [3.63, 3.8) is 0 Å². The number of carbonyl (C=O) groups is 1. The molecule has 1 heterocycles. The van der Waals surface area contributed by atoms with Gasteiger partial charge in [-0.05, 0) is 34.7 Å². The molecule has 1 N–H and O–H groups in total. The van der Waals surface area contributed by atoms with Crippen LogP contribution >= 0.6 is 11.6 Å². The monoisotopic (exact) mass is 389 g/mol. The number of tetrazole rings is 1. The number of hydrogen-bond donors (Lipinski definition) is 1. The topological polar surface area (TPSA) is 100 Å². The van der Waals surface area contributed by atoms with Gasteiger partial charge in [-0.15, -0.1) is 5.10 Å². The largest absolute Gasteiger partial charge is 0.495 e. The van der Waals surface area contributed by atoms with Crippen molar-refractivity contribution >= 4 is 23.2 Å². The van der Waals surface area contributed by atoms with Crippen LogP contribution < -0.4 is 19.5 Å². The third kappa shape index (κ3) is 3.77. The number of halogens is 1. The summed E-state index contributed by atoms with van der Waals surface area (Å²) in [6.07, 6.45) is 1.37. The van der Waals surface area contributed by atoms with Gasteiger partial charge < -0.3 is 19.5 Å². The molecule has 0 saturated carbocycles. The van der Waals surface area contributed by atoms with Crippen molar-refractivity contribution in [1.82, 2.24) is 20.2 Å². The molecule has 1 aromatic heterocycles. The molecule has 0 fully saturated rings. The Morgan fingerprint density at radius 2 is 1.74 bits per heavy atom. The quantitative estimate of drug-likeness (QED) is 0.691. The van der Waals surface area contributed by atoms with Gasteiger partial charge in [0.05, 0.1) is 38.3 Å². The predicted molar refractivity (Wildman–Crippen MR) is 98.2 cm³/mol. The van der Waals surface area contributed by atoms with Gasteiger partial charge in [-0.1, -0.05) is 11.6 Å². The van der Waals surface area contributed by atoms with E-state index in [1.807, 2.05) is 0 Å². The van der Waals surface area contributed by atoms with Gasteiger partial charge in [0.25, 0.3) is 5.91 Å². The van der Waals surface area contributed by atoms with Crippen LogP contribution in [0.4, 0.5) is 5.69 Å². The van der Waals surface area contributed by atoms with Gasteiger partial charge in [0.1, 0.15) is 12.1 Å². The third-order valence-corrected chi connectivity index (χ3v) is 3.99. The molecule has 0 saturated heterocycles. The minimum Gasteiger partial charge on any atom is -0.495 e. The first-order chi connectivity index (χ1) is 13.1. The number of carbonyl (C=O) groups excluding carboxylic acids is 1. The number of nitrogens with zero attached hydrogens (tertiary/aromatic N) is 4. The van der Waals surface area contributed by atoms with Crippen molar-refractivity contribution in [2.45, 2.75) is 0 Å². The lowest BCUT2D eigenvalue weighted by molar-refractivity contribution is 0.102. The number of amides is 1. The second-order valence-electron chi connectivity index (χ2n) is 5.28. The Bertz CT molecular complexity index is 962. The van der Waals surface area contributed by atoms with E-state index in [2.05, 4.69) is 20.8 Å². The molecular formula is C17H16ClN5O4. The van der Waals surface area contributed by atoms with Crippen LogP contribution in [0.1, 0.15) is 10.4 Å². The van der Waals surface area contributed by atoms with Crippen LogP contribution in [0, 0.1) is 0 Å². The molecule has 3 aromatic rings. The summed E-state index contributed by atoms with van der Waals surface area (Å²) in [7, 11) is 4.48. The Morgan fingerprint density at radius 3 is 2.37 bits per heavy atom. The van der Waals surface area contributed by atoms with Crippen molar-refractivity contribution in [1.29, 1.82) is 0 Å². The summed E-state index contributed by atoms with van der Waals surface area (Å²) >= 11 is 6.03. The first kappa shape index (κ1) is 18.5. The van der Waals surface area contributed by atoms with E-state index in [0.29, 0.717) is 33.6 Å². The lowest BCUT2D eigenvalue weighted by Crippen LogP contribution is -2.16. The predicted octanol–water partition coefficient (Wildman–Crippen LogP) is 2.59. The van der Waals surface area contributed by atoms with Gasteiger partial charge in [0.15, 0.2) is 11.5 Å². The summed E-state index contributed by atoms with van der Waals surface area (Å²) < 4.78 is 17.2. The second-order valence-corrected chi connectivity index (χ2v) is 5.71. The third-order valence-electron chi connectivity index (χ3n) is 3.75. The van der Waals surface area contributed by atoms with E-state index in [1.165, 1.54) is 32.3 Å². The molecule has 0 spiro atoms. The molecule has 1 amide bonds. The highest BCUT2D eigenvalue weighted by molar-refractivity contribution is 6.31. The molecule has 0 atom stereocenters. The second kappa shape index (κ2) is 7.92. The SMILES string of the molecule is COc1ccc(Cl)cc1NC(=O)c1cc(OC)c(OC)cc1-n1cnnn1. The Kier molecular flexibility index (Phi) is 5.41. The summed E-state index contributed by atoms with van der Waals surface area (Å²) in [6.45, 7) is 0. The lowest BCUT2D eigenvalue weighted by atomic mass is 10.1. The number of nitrogens with one attached hydrogen (secondary N) is 1. The van der Waals surface area contributed by atoms with E-state index < -0.39 is 5.91 Å². The standard InChI is InChI=1S/C17H16ClN5O4/c1-25-14-5-4-10(18)6-12(14)20-17(24)11-7-15(26-2)16(27-3)8-13(11)23-9-19-21-22-23/h4-9H,1-3H3,(H,20,24). The maximum Gasteiger partial charge on any atom is 0.258 e. The molecule has 140 valence electrons. The Morgan fingerprint density at radius 1 is 1.04 bits per heavy atom. The van der Waals surface area contributed by atoms with Crippen LogP contribution in [-0.2, 0) is 0 Å². The summed E-state index contributed by atoms with van der Waals surface area (Å²) in [5.74, 6) is 0.858. The van der Waals surface area contributed by atoms with Gasteiger partial charge in [0, 0.05) is 11.1 Å². The van der Waals surface area contributed by atoms with E-state index >= 15 is 0 Å². The van der Waals surface area contributed by atoms with Crippen LogP contribution in [0.2, 0.25) is 5.02 Å². The van der Waals surface area contributed by atoms with Gasteiger partial charge in [-0.2, -0.15) is 4.68 Å². The fraction of sp³-hybridized carbons (Fsp3) is 0.176. The lowest BCUT2D eigenvalue weighted by Gasteiger charge is -2.15. The van der Waals surface area contributed by atoms with E-state index in [1.54, 1.807) is 30.3 Å². The van der Waals surface area contributed by atoms with E-state index in [9.17, 15) is 4.79 Å². The van der Waals surface area contributed by atoms with Crippen LogP contribution in [0.15, 0.2) is 36.7 Å². The number of anilines is 1. The minimum absolute atomic E-state index is 0.266. The normalized spacial score (nSPS) is 10.4. The molecule has 27 heavy (non-hydrogen) atoms. The summed E-state index contributed by atoms with van der Waals surface area (Å²) in [4.78, 5) is 13.0. The average molecular weight is 390 g/mol. The summed E-state index contributed by atoms with van der Waals surface area (Å²) in [5.41, 5.74) is 1.10. The van der Waals surface area contributed by atoms with Gasteiger partial charge in [-0.25, -0.2) is 0 Å². The summed E-state index contributed by atoms with van der Waals surface area (Å²) in [5, 5.41) is 14.3. The average Bonchev–Trinajstić information content (AvgIpc) is 3.21. The van der Waals surface area contributed by atoms with Crippen molar-refractivity contribution in [3.8, 4) is 22.9 Å². The molecule has 0 bridgehead atoms. The molecule has 2 aromatic carbocycles. The molecule has 10 heteroatoms. The molecule has 0 aliphatic heterocycles. The number of ether oxygens (including phenoxy) is 3. The smallest absolute Gasteiger partial charge is 0.258 e. The highest BCUT2D eigenvalue weighted by Gasteiger charge is 2.20. The number of aromatic nitrogens is 4. The fourth-order valence-corrected chi connectivity index (χ4v) is 2.65. The molecule has 9 nitrogen and oxygen atoms in total. The van der Waals surface area contributed by atoms with Crippen molar-refractivity contribution in [2.24, 2.45) is 0 Å². The minimum atomic E-state index is -0.429. The van der Waals surface area contributed by atoms with E-state index in [-0.39, 0.29) is 5.56 Å². The van der Waals surface area contributed by atoms with Crippen LogP contribution in [0.3, 0.4) is 0 Å². The Labute approximate surface area is 159 Å². The summed E-state index contributed by atoms with van der Waals surface area (Å²) in [6, 6.07) is 8.07. The van der Waals surface area contributed by atoms with Crippen LogP contribution in [0.25, 0.3) is 5.69 Å². The number of rotatable bonds is 6. The van der Waals surface area contributed by atoms with Crippen LogP contribution in [0.5, 0.6) is 17.2 Å². The molecule has 0 aliphatic carbocycles. The van der Waals surface area contributed by atoms with Crippen LogP contribution in [-0.4, -0.2) is 47.4 Å². The number of methoxy groups -OCH3 is 3. The number of hydrogen-bond acceptors (Lipinski definition) is 7. The Balaban J connectivity index is 2.07. The van der Waals surface area contributed by atoms with Crippen molar-refractivity contribution < 1.29 is 19.0 Å². The maximum atomic E-state index is 13.0. The highest BCUT2D eigenvalue weighted by atomic mass is 35.5. The first-order valence-corrected chi connectivity index (χ1v) is 8.09. The zero-order valence-corrected chi connectivity index (χ0v) is 15.5. The molecule has 0 unspecified atom stereocenters. The highest BCUT2D eigenvalue weighted by Crippen LogP contribution is 2.33. The molecule has 3 rings (SSSR count). The van der Waals surface area contributed by atoms with Gasteiger partial charge >= 0.3 is 0 Å². The van der Waals surface area contributed by atoms with Crippen molar-refractivity contribution in [2.75, 3.05) is 26.6 Å². The van der Waals surface area contributed by atoms with E-state index in [4.69, 9.17) is 25.8 Å². The maximum absolute atomic E-state index is 13.0.